The van der Waals surface area contributed by atoms with Crippen LogP contribution in [0.1, 0.15) is 41.0 Å². The monoisotopic (exact) mass is 236 g/mol. The molecule has 1 aliphatic rings. The number of allylic oxidation sites excluding steroid dienone is 2. The second-order valence-corrected chi connectivity index (χ2v) is 6.17. The zero-order chi connectivity index (χ0) is 13.1. The standard InChI is InChI=1S/C15H24O2/c1-11-6-7-12(2)14(11)10-17-9-13(16)8-15(3,4)5/h6-7,14H,8-10H2,1-5H3. The van der Waals surface area contributed by atoms with E-state index in [4.69, 9.17) is 4.74 Å². The summed E-state index contributed by atoms with van der Waals surface area (Å²) >= 11 is 0. The molecule has 1 rings (SSSR count). The number of carbonyl (C=O) groups excluding carboxylic acids is 1. The van der Waals surface area contributed by atoms with E-state index in [2.05, 4.69) is 46.8 Å². The lowest BCUT2D eigenvalue weighted by Crippen LogP contribution is -2.20. The Morgan fingerprint density at radius 2 is 1.76 bits per heavy atom. The number of carbonyl (C=O) groups is 1. The van der Waals surface area contributed by atoms with E-state index in [9.17, 15) is 4.79 Å². The van der Waals surface area contributed by atoms with Crippen molar-refractivity contribution in [3.63, 3.8) is 0 Å². The predicted molar refractivity (Wildman–Crippen MR) is 70.9 cm³/mol. The minimum Gasteiger partial charge on any atom is -0.373 e. The first kappa shape index (κ1) is 14.2. The molecule has 0 aromatic rings. The van der Waals surface area contributed by atoms with Crippen molar-refractivity contribution in [3.8, 4) is 0 Å². The molecule has 0 atom stereocenters. The summed E-state index contributed by atoms with van der Waals surface area (Å²) in [6.07, 6.45) is 4.84. The molecule has 1 aliphatic carbocycles. The Bertz CT molecular complexity index is 324. The molecule has 2 heteroatoms. The Labute approximate surface area is 105 Å². The van der Waals surface area contributed by atoms with Gasteiger partial charge in [-0.3, -0.25) is 4.79 Å². The first-order valence-corrected chi connectivity index (χ1v) is 6.24. The lowest BCUT2D eigenvalue weighted by Gasteiger charge is -2.18. The highest BCUT2D eigenvalue weighted by atomic mass is 16.5. The molecule has 2 nitrogen and oxygen atoms in total. The normalized spacial score (nSPS) is 17.0. The topological polar surface area (TPSA) is 26.3 Å². The van der Waals surface area contributed by atoms with Gasteiger partial charge in [-0.2, -0.15) is 0 Å². The predicted octanol–water partition coefficient (Wildman–Crippen LogP) is 3.53. The van der Waals surface area contributed by atoms with Gasteiger partial charge in [0.15, 0.2) is 5.78 Å². The van der Waals surface area contributed by atoms with E-state index in [-0.39, 0.29) is 17.8 Å². The molecule has 96 valence electrons. The van der Waals surface area contributed by atoms with Crippen LogP contribution in [0.4, 0.5) is 0 Å². The van der Waals surface area contributed by atoms with Gasteiger partial charge in [0.25, 0.3) is 0 Å². The Kier molecular flexibility index (Phi) is 4.70. The molecule has 0 N–H and O–H groups in total. The van der Waals surface area contributed by atoms with E-state index in [0.29, 0.717) is 18.9 Å². The molecule has 0 heterocycles. The van der Waals surface area contributed by atoms with Crippen molar-refractivity contribution in [1.29, 1.82) is 0 Å². The highest BCUT2D eigenvalue weighted by Gasteiger charge is 2.19. The van der Waals surface area contributed by atoms with E-state index >= 15 is 0 Å². The number of hydrogen-bond acceptors (Lipinski definition) is 2. The smallest absolute Gasteiger partial charge is 0.158 e. The Hall–Kier alpha value is -0.890. The number of ether oxygens (including phenoxy) is 1. The van der Waals surface area contributed by atoms with Gasteiger partial charge in [0, 0.05) is 12.3 Å². The summed E-state index contributed by atoms with van der Waals surface area (Å²) in [5, 5.41) is 0. The van der Waals surface area contributed by atoms with Crippen molar-refractivity contribution in [2.75, 3.05) is 13.2 Å². The average molecular weight is 236 g/mol. The summed E-state index contributed by atoms with van der Waals surface area (Å²) in [5.41, 5.74) is 2.70. The van der Waals surface area contributed by atoms with Crippen LogP contribution in [-0.2, 0) is 9.53 Å². The zero-order valence-electron chi connectivity index (χ0n) is 11.7. The molecule has 0 bridgehead atoms. The third-order valence-electron chi connectivity index (χ3n) is 2.98. The fourth-order valence-electron chi connectivity index (χ4n) is 2.05. The van der Waals surface area contributed by atoms with Gasteiger partial charge in [-0.15, -0.1) is 0 Å². The van der Waals surface area contributed by atoms with Crippen molar-refractivity contribution >= 4 is 5.78 Å². The van der Waals surface area contributed by atoms with Crippen LogP contribution in [0.3, 0.4) is 0 Å². The van der Waals surface area contributed by atoms with E-state index in [1.807, 2.05) is 0 Å². The largest absolute Gasteiger partial charge is 0.373 e. The van der Waals surface area contributed by atoms with Gasteiger partial charge in [0.05, 0.1) is 6.61 Å². The molecule has 0 fully saturated rings. The molecule has 0 radical (unpaired) electrons. The van der Waals surface area contributed by atoms with Crippen LogP contribution in [0, 0.1) is 11.3 Å². The zero-order valence-corrected chi connectivity index (χ0v) is 11.7. The molecule has 0 unspecified atom stereocenters. The molecule has 0 saturated carbocycles. The van der Waals surface area contributed by atoms with Crippen molar-refractivity contribution in [1.82, 2.24) is 0 Å². The summed E-state index contributed by atoms with van der Waals surface area (Å²) in [6, 6.07) is 0. The number of rotatable bonds is 5. The molecule has 0 aromatic heterocycles. The number of ketones is 1. The lowest BCUT2D eigenvalue weighted by atomic mass is 9.90. The Balaban J connectivity index is 2.27. The van der Waals surface area contributed by atoms with Crippen LogP contribution >= 0.6 is 0 Å². The minimum absolute atomic E-state index is 0.0550. The van der Waals surface area contributed by atoms with Crippen molar-refractivity contribution in [2.45, 2.75) is 41.0 Å². The quantitative estimate of drug-likeness (QED) is 0.730. The fraction of sp³-hybridized carbons (Fsp3) is 0.667. The van der Waals surface area contributed by atoms with Crippen LogP contribution in [0.15, 0.2) is 23.3 Å². The minimum atomic E-state index is 0.0550. The Morgan fingerprint density at radius 1 is 1.24 bits per heavy atom. The van der Waals surface area contributed by atoms with Crippen LogP contribution < -0.4 is 0 Å². The molecule has 0 saturated heterocycles. The van der Waals surface area contributed by atoms with Crippen molar-refractivity contribution in [3.05, 3.63) is 23.3 Å². The fourth-order valence-corrected chi connectivity index (χ4v) is 2.05. The molecule has 0 amide bonds. The maximum Gasteiger partial charge on any atom is 0.158 e. The molecular formula is C15H24O2. The van der Waals surface area contributed by atoms with Crippen LogP contribution in [0.25, 0.3) is 0 Å². The lowest BCUT2D eigenvalue weighted by molar-refractivity contribution is -0.125. The number of hydrogen-bond donors (Lipinski definition) is 0. The molecule has 17 heavy (non-hydrogen) atoms. The average Bonchev–Trinajstić information content (AvgIpc) is 2.46. The van der Waals surface area contributed by atoms with Gasteiger partial charge in [-0.05, 0) is 19.3 Å². The van der Waals surface area contributed by atoms with Gasteiger partial charge in [0.1, 0.15) is 6.61 Å². The summed E-state index contributed by atoms with van der Waals surface area (Å²) in [5.74, 6) is 0.566. The second-order valence-electron chi connectivity index (χ2n) is 6.17. The van der Waals surface area contributed by atoms with E-state index in [1.54, 1.807) is 0 Å². The second kappa shape index (κ2) is 5.63. The van der Waals surface area contributed by atoms with Crippen molar-refractivity contribution < 1.29 is 9.53 Å². The van der Waals surface area contributed by atoms with Gasteiger partial charge < -0.3 is 4.74 Å². The Morgan fingerprint density at radius 3 is 2.24 bits per heavy atom. The summed E-state index contributed by atoms with van der Waals surface area (Å²) in [7, 11) is 0. The third kappa shape index (κ3) is 4.86. The van der Waals surface area contributed by atoms with Gasteiger partial charge in [0.2, 0.25) is 0 Å². The van der Waals surface area contributed by atoms with E-state index < -0.39 is 0 Å². The van der Waals surface area contributed by atoms with E-state index in [1.165, 1.54) is 11.1 Å². The molecular weight excluding hydrogens is 212 g/mol. The summed E-state index contributed by atoms with van der Waals surface area (Å²) < 4.78 is 5.53. The summed E-state index contributed by atoms with van der Waals surface area (Å²) in [6.45, 7) is 11.3. The van der Waals surface area contributed by atoms with Gasteiger partial charge >= 0.3 is 0 Å². The van der Waals surface area contributed by atoms with Crippen LogP contribution in [0.2, 0.25) is 0 Å². The van der Waals surface area contributed by atoms with E-state index in [0.717, 1.165) is 0 Å². The maximum atomic E-state index is 11.6. The highest BCUT2D eigenvalue weighted by Crippen LogP contribution is 2.26. The maximum absolute atomic E-state index is 11.6. The highest BCUT2D eigenvalue weighted by molar-refractivity contribution is 5.80. The molecule has 0 aliphatic heterocycles. The SMILES string of the molecule is CC1=CC=C(C)C1COCC(=O)CC(C)(C)C. The summed E-state index contributed by atoms with van der Waals surface area (Å²) in [4.78, 5) is 11.6. The van der Waals surface area contributed by atoms with Crippen LogP contribution in [0.5, 0.6) is 0 Å². The number of Topliss-reactive ketones (excluding diaryl/α,β-unsaturated/α-hetero) is 1. The van der Waals surface area contributed by atoms with Gasteiger partial charge in [-0.25, -0.2) is 0 Å². The first-order chi connectivity index (χ1) is 7.79. The van der Waals surface area contributed by atoms with Gasteiger partial charge in [-0.1, -0.05) is 44.1 Å². The first-order valence-electron chi connectivity index (χ1n) is 6.24. The van der Waals surface area contributed by atoms with Crippen molar-refractivity contribution in [2.24, 2.45) is 11.3 Å². The third-order valence-corrected chi connectivity index (χ3v) is 2.98. The molecule has 0 aromatic carbocycles. The molecule has 0 spiro atoms. The van der Waals surface area contributed by atoms with Crippen LogP contribution in [-0.4, -0.2) is 19.0 Å².